The lowest BCUT2D eigenvalue weighted by Crippen LogP contribution is -2.32. The topological polar surface area (TPSA) is 121 Å². The summed E-state index contributed by atoms with van der Waals surface area (Å²) in [5.41, 5.74) is 10.7. The number of fused-ring (bicyclic) bond motifs is 2. The van der Waals surface area contributed by atoms with Crippen molar-refractivity contribution < 1.29 is 23.8 Å². The summed E-state index contributed by atoms with van der Waals surface area (Å²) < 4.78 is 19.5. The summed E-state index contributed by atoms with van der Waals surface area (Å²) in [7, 11) is 0. The molecule has 3 aromatic rings. The Bertz CT molecular complexity index is 1440. The van der Waals surface area contributed by atoms with Gasteiger partial charge in [-0.25, -0.2) is 0 Å². The summed E-state index contributed by atoms with van der Waals surface area (Å²) in [6.45, 7) is 9.21. The van der Waals surface area contributed by atoms with E-state index in [0.29, 0.717) is 56.4 Å². The number of ether oxygens (including phenoxy) is 3. The molecule has 2 aliphatic rings. The predicted molar refractivity (Wildman–Crippen MR) is 147 cm³/mol. The minimum atomic E-state index is -0.514. The second kappa shape index (κ2) is 10.6. The van der Waals surface area contributed by atoms with Crippen molar-refractivity contribution in [3.8, 4) is 11.5 Å². The summed E-state index contributed by atoms with van der Waals surface area (Å²) in [6, 6.07) is 7.84. The van der Waals surface area contributed by atoms with Crippen molar-refractivity contribution >= 4 is 28.9 Å². The van der Waals surface area contributed by atoms with Gasteiger partial charge in [-0.1, -0.05) is 18.2 Å². The first-order valence-electron chi connectivity index (χ1n) is 13.3. The van der Waals surface area contributed by atoms with Crippen LogP contribution < -0.4 is 15.2 Å². The van der Waals surface area contributed by atoms with Crippen molar-refractivity contribution in [2.45, 2.75) is 58.5 Å². The van der Waals surface area contributed by atoms with Crippen molar-refractivity contribution in [3.63, 3.8) is 0 Å². The molecule has 0 fully saturated rings. The fourth-order valence-electron chi connectivity index (χ4n) is 5.16. The van der Waals surface area contributed by atoms with Crippen LogP contribution >= 0.6 is 0 Å². The molecule has 0 aliphatic carbocycles. The zero-order chi connectivity index (χ0) is 27.7. The molecule has 1 atom stereocenters. The molecule has 5 rings (SSSR count). The molecule has 0 radical (unpaired) electrons. The number of benzene rings is 1. The Morgan fingerprint density at radius 2 is 2.08 bits per heavy atom. The molecule has 2 N–H and O–H groups in total. The van der Waals surface area contributed by atoms with E-state index in [9.17, 15) is 9.59 Å². The fraction of sp³-hybridized carbons (Fsp3) is 0.448. The van der Waals surface area contributed by atoms with Gasteiger partial charge in [0.1, 0.15) is 17.7 Å². The maximum atomic E-state index is 12.3. The molecule has 0 unspecified atom stereocenters. The van der Waals surface area contributed by atoms with Crippen LogP contribution in [0.1, 0.15) is 63.1 Å². The highest BCUT2D eigenvalue weighted by molar-refractivity contribution is 5.81. The number of anilines is 1. The van der Waals surface area contributed by atoms with Crippen LogP contribution in [0, 0.1) is 0 Å². The molecule has 206 valence electrons. The normalized spacial score (nSPS) is 17.0. The van der Waals surface area contributed by atoms with Gasteiger partial charge in [-0.2, -0.15) is 0 Å². The number of hydrogen-bond acceptors (Lipinski definition) is 8. The first-order chi connectivity index (χ1) is 18.6. The molecule has 10 heteroatoms. The third kappa shape index (κ3) is 5.69. The summed E-state index contributed by atoms with van der Waals surface area (Å²) in [5, 5.41) is 8.35. The summed E-state index contributed by atoms with van der Waals surface area (Å²) >= 11 is 0. The number of nitrogen functional groups attached to an aromatic ring is 1. The van der Waals surface area contributed by atoms with Gasteiger partial charge < -0.3 is 24.8 Å². The highest BCUT2D eigenvalue weighted by Crippen LogP contribution is 2.39. The van der Waals surface area contributed by atoms with E-state index in [1.807, 2.05) is 51.1 Å². The van der Waals surface area contributed by atoms with E-state index in [2.05, 4.69) is 10.2 Å². The predicted octanol–water partition coefficient (Wildman–Crippen LogP) is 3.78. The molecule has 39 heavy (non-hydrogen) atoms. The smallest absolute Gasteiger partial charge is 0.306 e. The number of aryl methyl sites for hydroxylation is 1. The third-order valence-corrected chi connectivity index (χ3v) is 7.04. The third-order valence-electron chi connectivity index (χ3n) is 7.04. The van der Waals surface area contributed by atoms with Gasteiger partial charge in [0.05, 0.1) is 19.1 Å². The number of rotatable bonds is 7. The fourth-order valence-corrected chi connectivity index (χ4v) is 5.16. The second-order valence-corrected chi connectivity index (χ2v) is 11.0. The zero-order valence-electron chi connectivity index (χ0n) is 22.9. The van der Waals surface area contributed by atoms with Crippen molar-refractivity contribution in [1.82, 2.24) is 19.5 Å². The Kier molecular flexibility index (Phi) is 7.20. The van der Waals surface area contributed by atoms with Gasteiger partial charge in [0.25, 0.3) is 0 Å². The van der Waals surface area contributed by atoms with Crippen LogP contribution in [-0.4, -0.2) is 63.3 Å². The van der Waals surface area contributed by atoms with Crippen molar-refractivity contribution in [3.05, 3.63) is 53.4 Å². The van der Waals surface area contributed by atoms with Crippen LogP contribution in [0.25, 0.3) is 11.2 Å². The van der Waals surface area contributed by atoms with Gasteiger partial charge in [0.15, 0.2) is 17.2 Å². The molecule has 1 amide bonds. The van der Waals surface area contributed by atoms with E-state index in [-0.39, 0.29) is 24.2 Å². The number of aromatic nitrogens is 3. The molecule has 2 aromatic heterocycles. The maximum absolute atomic E-state index is 12.3. The van der Waals surface area contributed by atoms with E-state index in [1.54, 1.807) is 22.6 Å². The lowest BCUT2D eigenvalue weighted by molar-refractivity contribution is -0.154. The number of carbonyl (C=O) groups is 2. The van der Waals surface area contributed by atoms with Crippen LogP contribution in [0.4, 0.5) is 5.82 Å². The number of esters is 1. The molecule has 0 saturated carbocycles. The summed E-state index contributed by atoms with van der Waals surface area (Å²) in [6.07, 6.45) is 5.18. The molecule has 0 saturated heterocycles. The van der Waals surface area contributed by atoms with Gasteiger partial charge in [-0.05, 0) is 56.9 Å². The zero-order valence-corrected chi connectivity index (χ0v) is 22.9. The minimum absolute atomic E-state index is 0.0210. The van der Waals surface area contributed by atoms with E-state index >= 15 is 0 Å². The average Bonchev–Trinajstić information content (AvgIpc) is 3.54. The quantitative estimate of drug-likeness (QED) is 0.456. The lowest BCUT2D eigenvalue weighted by Gasteiger charge is -2.26. The maximum Gasteiger partial charge on any atom is 0.306 e. The number of amides is 1. The number of nitrogens with two attached hydrogens (primary N) is 1. The summed E-state index contributed by atoms with van der Waals surface area (Å²) in [4.78, 5) is 25.9. The van der Waals surface area contributed by atoms with Crippen LogP contribution in [0.15, 0.2) is 36.7 Å². The van der Waals surface area contributed by atoms with Crippen molar-refractivity contribution in [2.24, 2.45) is 0 Å². The second-order valence-electron chi connectivity index (χ2n) is 11.0. The SMILES string of the molecule is CC(=O)N1CC=C(c2cc(OC[C@H]3COc4cccc(CCC(=O)OC(C)(C)C)c43)c(N)n3cnnc23)CC1. The standard InChI is InChI=1S/C29H35N5O5/c1-18(35)33-12-10-19(11-13-33)22-14-24(27(30)34-17-31-32-28(22)34)38-16-21-15-37-23-7-5-6-20(26(21)23)8-9-25(36)39-29(2,3)4/h5-7,10,14,17,21H,8-9,11-13,15-16,30H2,1-4H3/t21-/m1/s1. The molecule has 0 spiro atoms. The lowest BCUT2D eigenvalue weighted by atomic mass is 9.93. The Morgan fingerprint density at radius 1 is 1.26 bits per heavy atom. The van der Waals surface area contributed by atoms with E-state index in [4.69, 9.17) is 19.9 Å². The molecule has 0 bridgehead atoms. The highest BCUT2D eigenvalue weighted by atomic mass is 16.6. The molecular weight excluding hydrogens is 498 g/mol. The highest BCUT2D eigenvalue weighted by Gasteiger charge is 2.29. The van der Waals surface area contributed by atoms with Gasteiger partial charge in [-0.3, -0.25) is 14.0 Å². The van der Waals surface area contributed by atoms with Crippen LogP contribution in [0.2, 0.25) is 0 Å². The molecule has 1 aromatic carbocycles. The van der Waals surface area contributed by atoms with Gasteiger partial charge in [0.2, 0.25) is 5.91 Å². The Labute approximate surface area is 227 Å². The molecule has 4 heterocycles. The molecular formula is C29H35N5O5. The minimum Gasteiger partial charge on any atom is -0.493 e. The van der Waals surface area contributed by atoms with Crippen LogP contribution in [-0.2, 0) is 20.7 Å². The number of hydrogen-bond donors (Lipinski definition) is 1. The largest absolute Gasteiger partial charge is 0.493 e. The first kappa shape index (κ1) is 26.5. The van der Waals surface area contributed by atoms with Crippen molar-refractivity contribution in [1.29, 1.82) is 0 Å². The number of carbonyl (C=O) groups excluding carboxylic acids is 2. The van der Waals surface area contributed by atoms with Crippen LogP contribution in [0.5, 0.6) is 11.5 Å². The summed E-state index contributed by atoms with van der Waals surface area (Å²) in [5.74, 6) is 1.58. The van der Waals surface area contributed by atoms with Crippen LogP contribution in [0.3, 0.4) is 0 Å². The molecule has 2 aliphatic heterocycles. The van der Waals surface area contributed by atoms with E-state index in [1.165, 1.54) is 0 Å². The average molecular weight is 534 g/mol. The van der Waals surface area contributed by atoms with E-state index < -0.39 is 5.60 Å². The molecule has 10 nitrogen and oxygen atoms in total. The van der Waals surface area contributed by atoms with E-state index in [0.717, 1.165) is 28.0 Å². The van der Waals surface area contributed by atoms with Gasteiger partial charge in [0, 0.05) is 37.6 Å². The number of pyridine rings is 1. The van der Waals surface area contributed by atoms with Crippen molar-refractivity contribution in [2.75, 3.05) is 32.0 Å². The van der Waals surface area contributed by atoms with Gasteiger partial charge in [-0.15, -0.1) is 10.2 Å². The Morgan fingerprint density at radius 3 is 2.79 bits per heavy atom. The Balaban J connectivity index is 1.35. The Hall–Kier alpha value is -4.08. The monoisotopic (exact) mass is 533 g/mol. The van der Waals surface area contributed by atoms with Gasteiger partial charge >= 0.3 is 5.97 Å². The number of nitrogens with zero attached hydrogens (tertiary/aromatic N) is 4. The first-order valence-corrected chi connectivity index (χ1v) is 13.3.